The summed E-state index contributed by atoms with van der Waals surface area (Å²) in [7, 11) is -2.33. The number of carbonyl (C=O) groups is 1. The Balaban J connectivity index is 1.79. The molecule has 0 bridgehead atoms. The van der Waals surface area contributed by atoms with Gasteiger partial charge in [-0.15, -0.1) is 0 Å². The van der Waals surface area contributed by atoms with Gasteiger partial charge in [0.15, 0.2) is 0 Å². The molecule has 2 heterocycles. The molecule has 1 N–H and O–H groups in total. The Hall–Kier alpha value is -2.39. The first-order valence-electron chi connectivity index (χ1n) is 6.96. The Morgan fingerprint density at radius 1 is 1.22 bits per heavy atom. The van der Waals surface area contributed by atoms with E-state index in [1.165, 1.54) is 35.7 Å². The van der Waals surface area contributed by atoms with Crippen LogP contribution < -0.4 is 5.32 Å². The summed E-state index contributed by atoms with van der Waals surface area (Å²) >= 11 is 0. The third-order valence-corrected chi connectivity index (χ3v) is 5.49. The van der Waals surface area contributed by atoms with Crippen molar-refractivity contribution in [2.75, 3.05) is 19.0 Å². The van der Waals surface area contributed by atoms with E-state index in [0.29, 0.717) is 25.3 Å². The van der Waals surface area contributed by atoms with Crippen LogP contribution in [-0.2, 0) is 27.8 Å². The minimum absolute atomic E-state index is 0.181. The molecule has 2 aromatic rings. The summed E-state index contributed by atoms with van der Waals surface area (Å²) in [5, 5.41) is 6.61. The first-order chi connectivity index (χ1) is 11.0. The molecule has 1 amide bonds. The third kappa shape index (κ3) is 3.06. The second kappa shape index (κ2) is 6.01. The largest absolute Gasteiger partial charge is 0.453 e. The summed E-state index contributed by atoms with van der Waals surface area (Å²) in [4.78, 5) is 11.3. The quantitative estimate of drug-likeness (QED) is 0.911. The maximum Gasteiger partial charge on any atom is 0.411 e. The molecule has 1 aliphatic heterocycles. The van der Waals surface area contributed by atoms with Gasteiger partial charge in [-0.25, -0.2) is 13.2 Å². The predicted octanol–water partition coefficient (Wildman–Crippen LogP) is 1.27. The minimum Gasteiger partial charge on any atom is -0.453 e. The lowest BCUT2D eigenvalue weighted by molar-refractivity contribution is 0.187. The number of aromatic nitrogens is 2. The summed E-state index contributed by atoms with van der Waals surface area (Å²) in [5.74, 6) is 0. The summed E-state index contributed by atoms with van der Waals surface area (Å²) in [6, 6.07) is 7.79. The number of nitrogens with one attached hydrogen (secondary N) is 1. The fourth-order valence-electron chi connectivity index (χ4n) is 2.40. The van der Waals surface area contributed by atoms with Crippen molar-refractivity contribution in [3.05, 3.63) is 42.2 Å². The number of sulfonamides is 1. The highest BCUT2D eigenvalue weighted by Crippen LogP contribution is 2.22. The number of nitrogens with zero attached hydrogens (tertiary/aromatic N) is 3. The van der Waals surface area contributed by atoms with Crippen LogP contribution in [0, 0.1) is 0 Å². The van der Waals surface area contributed by atoms with Gasteiger partial charge in [0.2, 0.25) is 10.0 Å². The number of hydrogen-bond donors (Lipinski definition) is 1. The molecule has 0 saturated heterocycles. The number of carbonyl (C=O) groups excluding carboxylic acids is 1. The molecule has 1 aliphatic rings. The van der Waals surface area contributed by atoms with Crippen molar-refractivity contribution in [1.29, 1.82) is 0 Å². The van der Waals surface area contributed by atoms with Crippen LogP contribution >= 0.6 is 0 Å². The fraction of sp³-hybridized carbons (Fsp3) is 0.286. The minimum atomic E-state index is -3.59. The van der Waals surface area contributed by atoms with E-state index in [2.05, 4.69) is 15.2 Å². The summed E-state index contributed by atoms with van der Waals surface area (Å²) in [6.45, 7) is 1.20. The molecular weight excluding hydrogens is 320 g/mol. The first-order valence-corrected chi connectivity index (χ1v) is 8.40. The topological polar surface area (TPSA) is 93.5 Å². The standard InChI is InChI=1S/C14H16N4O4S/c1-22-14(19)16-11-2-4-13(5-3-11)23(20,21)17-8-9-18-12(10-17)6-7-15-18/h2-7H,8-10H2,1H3,(H,16,19). The van der Waals surface area contributed by atoms with Crippen molar-refractivity contribution >= 4 is 21.8 Å². The van der Waals surface area contributed by atoms with Crippen molar-refractivity contribution < 1.29 is 17.9 Å². The Labute approximate surface area is 133 Å². The zero-order valence-corrected chi connectivity index (χ0v) is 13.3. The van der Waals surface area contributed by atoms with Crippen LogP contribution in [0.15, 0.2) is 41.4 Å². The molecule has 1 aromatic heterocycles. The lowest BCUT2D eigenvalue weighted by Gasteiger charge is -2.27. The Kier molecular flexibility index (Phi) is 4.05. The van der Waals surface area contributed by atoms with Gasteiger partial charge < -0.3 is 4.74 Å². The van der Waals surface area contributed by atoms with Crippen molar-refractivity contribution in [2.24, 2.45) is 0 Å². The number of rotatable bonds is 3. The van der Waals surface area contributed by atoms with Crippen LogP contribution in [-0.4, -0.2) is 42.3 Å². The predicted molar refractivity (Wildman–Crippen MR) is 82.3 cm³/mol. The highest BCUT2D eigenvalue weighted by atomic mass is 32.2. The van der Waals surface area contributed by atoms with Gasteiger partial charge in [-0.3, -0.25) is 10.00 Å². The van der Waals surface area contributed by atoms with Gasteiger partial charge in [-0.05, 0) is 30.3 Å². The molecule has 0 spiro atoms. The summed E-state index contributed by atoms with van der Waals surface area (Å²) in [6.07, 6.45) is 1.06. The molecule has 8 nitrogen and oxygen atoms in total. The number of benzene rings is 1. The van der Waals surface area contributed by atoms with Gasteiger partial charge in [0, 0.05) is 18.4 Å². The van der Waals surface area contributed by atoms with Crippen LogP contribution in [0.25, 0.3) is 0 Å². The number of anilines is 1. The van der Waals surface area contributed by atoms with Gasteiger partial charge in [0.05, 0.1) is 30.8 Å². The van der Waals surface area contributed by atoms with Gasteiger partial charge in [0.25, 0.3) is 0 Å². The first kappa shape index (κ1) is 15.5. The Bertz CT molecular complexity index is 814. The van der Waals surface area contributed by atoms with Crippen molar-refractivity contribution in [1.82, 2.24) is 14.1 Å². The van der Waals surface area contributed by atoms with E-state index in [4.69, 9.17) is 0 Å². The van der Waals surface area contributed by atoms with Crippen LogP contribution in [0.5, 0.6) is 0 Å². The van der Waals surface area contributed by atoms with Crippen LogP contribution in [0.3, 0.4) is 0 Å². The Morgan fingerprint density at radius 2 is 1.96 bits per heavy atom. The van der Waals surface area contributed by atoms with E-state index in [0.717, 1.165) is 5.69 Å². The molecule has 0 radical (unpaired) electrons. The Morgan fingerprint density at radius 3 is 2.65 bits per heavy atom. The van der Waals surface area contributed by atoms with Crippen molar-refractivity contribution in [2.45, 2.75) is 18.0 Å². The van der Waals surface area contributed by atoms with E-state index < -0.39 is 16.1 Å². The molecule has 3 rings (SSSR count). The SMILES string of the molecule is COC(=O)Nc1ccc(S(=O)(=O)N2CCn3nccc3C2)cc1. The monoisotopic (exact) mass is 336 g/mol. The molecule has 23 heavy (non-hydrogen) atoms. The second-order valence-corrected chi connectivity index (χ2v) is 6.96. The smallest absolute Gasteiger partial charge is 0.411 e. The van der Waals surface area contributed by atoms with E-state index in [1.54, 1.807) is 10.9 Å². The molecule has 0 unspecified atom stereocenters. The van der Waals surface area contributed by atoms with Gasteiger partial charge >= 0.3 is 6.09 Å². The lowest BCUT2D eigenvalue weighted by Crippen LogP contribution is -2.38. The third-order valence-electron chi connectivity index (χ3n) is 3.63. The molecule has 0 atom stereocenters. The molecule has 0 aliphatic carbocycles. The fourth-order valence-corrected chi connectivity index (χ4v) is 3.80. The van der Waals surface area contributed by atoms with E-state index in [9.17, 15) is 13.2 Å². The highest BCUT2D eigenvalue weighted by molar-refractivity contribution is 7.89. The number of amides is 1. The maximum atomic E-state index is 12.7. The van der Waals surface area contributed by atoms with E-state index in [-0.39, 0.29) is 4.90 Å². The molecule has 0 fully saturated rings. The zero-order chi connectivity index (χ0) is 16.4. The van der Waals surface area contributed by atoms with Crippen LogP contribution in [0.4, 0.5) is 10.5 Å². The van der Waals surface area contributed by atoms with Crippen molar-refractivity contribution in [3.63, 3.8) is 0 Å². The highest BCUT2D eigenvalue weighted by Gasteiger charge is 2.28. The molecular formula is C14H16N4O4S. The van der Waals surface area contributed by atoms with Crippen LogP contribution in [0.1, 0.15) is 5.69 Å². The zero-order valence-electron chi connectivity index (χ0n) is 12.5. The average molecular weight is 336 g/mol. The maximum absolute atomic E-state index is 12.7. The average Bonchev–Trinajstić information content (AvgIpc) is 3.02. The molecule has 0 saturated carbocycles. The van der Waals surface area contributed by atoms with Gasteiger partial charge in [-0.1, -0.05) is 0 Å². The summed E-state index contributed by atoms with van der Waals surface area (Å²) in [5.41, 5.74) is 1.33. The number of ether oxygens (including phenoxy) is 1. The molecule has 122 valence electrons. The molecule has 1 aromatic carbocycles. The number of hydrogen-bond acceptors (Lipinski definition) is 5. The normalized spacial score (nSPS) is 15.0. The second-order valence-electron chi connectivity index (χ2n) is 5.03. The lowest BCUT2D eigenvalue weighted by atomic mass is 10.3. The summed E-state index contributed by atoms with van der Waals surface area (Å²) < 4.78 is 33.1. The molecule has 9 heteroatoms. The van der Waals surface area contributed by atoms with E-state index >= 15 is 0 Å². The van der Waals surface area contributed by atoms with Gasteiger partial charge in [0.1, 0.15) is 0 Å². The van der Waals surface area contributed by atoms with E-state index in [1.807, 2.05) is 6.07 Å². The number of methoxy groups -OCH3 is 1. The van der Waals surface area contributed by atoms with Gasteiger partial charge in [-0.2, -0.15) is 9.40 Å². The number of fused-ring (bicyclic) bond motifs is 1. The van der Waals surface area contributed by atoms with Crippen LogP contribution in [0.2, 0.25) is 0 Å². The van der Waals surface area contributed by atoms with Crippen molar-refractivity contribution in [3.8, 4) is 0 Å².